The van der Waals surface area contributed by atoms with Crippen LogP contribution in [-0.2, 0) is 13.1 Å². The zero-order valence-electron chi connectivity index (χ0n) is 16.2. The molecule has 4 aromatic rings. The molecule has 0 saturated heterocycles. The van der Waals surface area contributed by atoms with Crippen LogP contribution in [0.1, 0.15) is 22.8 Å². The van der Waals surface area contributed by atoms with Gasteiger partial charge >= 0.3 is 0 Å². The average molecular weight is 385 g/mol. The van der Waals surface area contributed by atoms with Crippen molar-refractivity contribution in [2.24, 2.45) is 0 Å². The number of rotatable bonds is 6. The van der Waals surface area contributed by atoms with Crippen molar-refractivity contribution in [3.63, 3.8) is 0 Å². The molecule has 0 amide bonds. The van der Waals surface area contributed by atoms with Crippen molar-refractivity contribution in [3.8, 4) is 28.8 Å². The summed E-state index contributed by atoms with van der Waals surface area (Å²) >= 11 is 0. The second-order valence-corrected chi connectivity index (χ2v) is 6.81. The molecule has 0 atom stereocenters. The maximum Gasteiger partial charge on any atom is 0.253 e. The van der Waals surface area contributed by atoms with E-state index in [-0.39, 0.29) is 0 Å². The van der Waals surface area contributed by atoms with Gasteiger partial charge in [-0.2, -0.15) is 5.26 Å². The Morgan fingerprint density at radius 2 is 1.86 bits per heavy atom. The molecule has 2 heterocycles. The van der Waals surface area contributed by atoms with Gasteiger partial charge in [0.2, 0.25) is 5.89 Å². The number of hydrogen-bond donors (Lipinski definition) is 0. The summed E-state index contributed by atoms with van der Waals surface area (Å²) in [7, 11) is 1.96. The maximum absolute atomic E-state index is 9.04. The molecule has 0 aliphatic heterocycles. The van der Waals surface area contributed by atoms with Gasteiger partial charge in [0.15, 0.2) is 0 Å². The topological polar surface area (TPSA) is 92.0 Å². The molecule has 0 N–H and O–H groups in total. The van der Waals surface area contributed by atoms with E-state index in [1.807, 2.05) is 67.4 Å². The summed E-state index contributed by atoms with van der Waals surface area (Å²) in [4.78, 5) is 2.05. The fraction of sp³-hybridized carbons (Fsp3) is 0.182. The normalized spacial score (nSPS) is 11.0. The Morgan fingerprint density at radius 3 is 2.66 bits per heavy atom. The first-order chi connectivity index (χ1) is 14.1. The van der Waals surface area contributed by atoms with Gasteiger partial charge in [-0.05, 0) is 31.7 Å². The van der Waals surface area contributed by atoms with Gasteiger partial charge in [-0.15, -0.1) is 10.2 Å². The van der Waals surface area contributed by atoms with Gasteiger partial charge < -0.3 is 8.94 Å². The lowest BCUT2D eigenvalue weighted by molar-refractivity contribution is 0.282. The van der Waals surface area contributed by atoms with Gasteiger partial charge in [-0.1, -0.05) is 47.6 Å². The molecule has 0 fully saturated rings. The Labute approximate surface area is 168 Å². The van der Waals surface area contributed by atoms with Crippen LogP contribution >= 0.6 is 0 Å². The second kappa shape index (κ2) is 8.09. The van der Waals surface area contributed by atoms with Gasteiger partial charge in [-0.25, -0.2) is 0 Å². The Bertz CT molecular complexity index is 1160. The van der Waals surface area contributed by atoms with Crippen LogP contribution in [0.25, 0.3) is 22.7 Å². The minimum atomic E-state index is 0.387. The van der Waals surface area contributed by atoms with E-state index in [2.05, 4.69) is 21.4 Å². The average Bonchev–Trinajstić information content (AvgIpc) is 3.34. The highest BCUT2D eigenvalue weighted by Gasteiger charge is 2.22. The molecule has 7 heteroatoms. The highest BCUT2D eigenvalue weighted by atomic mass is 16.5. The lowest BCUT2D eigenvalue weighted by Gasteiger charge is -2.14. The molecular formula is C22H19N5O2. The van der Waals surface area contributed by atoms with Crippen LogP contribution in [0.4, 0.5) is 0 Å². The molecule has 2 aromatic carbocycles. The van der Waals surface area contributed by atoms with Crippen molar-refractivity contribution in [1.29, 1.82) is 5.26 Å². The van der Waals surface area contributed by atoms with Crippen molar-refractivity contribution >= 4 is 0 Å². The minimum Gasteiger partial charge on any atom is -0.419 e. The molecule has 144 valence electrons. The molecule has 0 spiro atoms. The summed E-state index contributed by atoms with van der Waals surface area (Å²) in [5, 5.41) is 21.6. The molecule has 7 nitrogen and oxygen atoms in total. The standard InChI is InChI=1S/C22H19N5O2/c1-15-20(21(26-29-15)18-9-4-3-5-10-18)22-25-24-19(28-22)14-27(2)13-17-8-6-7-16(11-17)12-23/h3-11H,13-14H2,1-2H3. The summed E-state index contributed by atoms with van der Waals surface area (Å²) in [5.41, 5.74) is 4.01. The van der Waals surface area contributed by atoms with Crippen LogP contribution in [0.3, 0.4) is 0 Å². The predicted molar refractivity (Wildman–Crippen MR) is 106 cm³/mol. The fourth-order valence-electron chi connectivity index (χ4n) is 3.17. The van der Waals surface area contributed by atoms with E-state index in [1.165, 1.54) is 0 Å². The third-order valence-electron chi connectivity index (χ3n) is 4.50. The van der Waals surface area contributed by atoms with Crippen LogP contribution in [0, 0.1) is 18.3 Å². The second-order valence-electron chi connectivity index (χ2n) is 6.81. The molecule has 0 unspecified atom stereocenters. The smallest absolute Gasteiger partial charge is 0.253 e. The SMILES string of the molecule is Cc1onc(-c2ccccc2)c1-c1nnc(CN(C)Cc2cccc(C#N)c2)o1. The van der Waals surface area contributed by atoms with E-state index < -0.39 is 0 Å². The number of aryl methyl sites for hydroxylation is 1. The molecule has 0 aliphatic carbocycles. The lowest BCUT2D eigenvalue weighted by atomic mass is 10.1. The Hall–Kier alpha value is -3.76. The predicted octanol–water partition coefficient (Wildman–Crippen LogP) is 4.20. The molecule has 0 bridgehead atoms. The van der Waals surface area contributed by atoms with Crippen molar-refractivity contribution < 1.29 is 8.94 Å². The van der Waals surface area contributed by atoms with Gasteiger partial charge in [0, 0.05) is 12.1 Å². The summed E-state index contributed by atoms with van der Waals surface area (Å²) in [6.07, 6.45) is 0. The number of nitriles is 1. The Kier molecular flexibility index (Phi) is 5.18. The molecule has 0 radical (unpaired) electrons. The largest absolute Gasteiger partial charge is 0.419 e. The summed E-state index contributed by atoms with van der Waals surface area (Å²) in [6.45, 7) is 2.97. The fourth-order valence-corrected chi connectivity index (χ4v) is 3.17. The third-order valence-corrected chi connectivity index (χ3v) is 4.50. The molecule has 29 heavy (non-hydrogen) atoms. The lowest BCUT2D eigenvalue weighted by Crippen LogP contribution is -2.17. The monoisotopic (exact) mass is 385 g/mol. The Balaban J connectivity index is 1.52. The van der Waals surface area contributed by atoms with E-state index in [1.54, 1.807) is 6.07 Å². The van der Waals surface area contributed by atoms with Crippen LogP contribution < -0.4 is 0 Å². The summed E-state index contributed by atoms with van der Waals surface area (Å²) < 4.78 is 11.3. The quantitative estimate of drug-likeness (QED) is 0.491. The molecule has 2 aromatic heterocycles. The Morgan fingerprint density at radius 1 is 1.03 bits per heavy atom. The van der Waals surface area contributed by atoms with Crippen LogP contribution in [0.5, 0.6) is 0 Å². The first-order valence-electron chi connectivity index (χ1n) is 9.16. The number of aromatic nitrogens is 3. The maximum atomic E-state index is 9.04. The first kappa shape index (κ1) is 18.6. The number of hydrogen-bond acceptors (Lipinski definition) is 7. The van der Waals surface area contributed by atoms with Crippen molar-refractivity contribution in [3.05, 3.63) is 77.4 Å². The number of benzene rings is 2. The summed E-state index contributed by atoms with van der Waals surface area (Å²) in [6, 6.07) is 19.5. The third kappa shape index (κ3) is 4.08. The van der Waals surface area contributed by atoms with Crippen LogP contribution in [0.15, 0.2) is 63.5 Å². The number of nitrogens with zero attached hydrogens (tertiary/aromatic N) is 5. The van der Waals surface area contributed by atoms with Gasteiger partial charge in [0.05, 0.1) is 18.2 Å². The van der Waals surface area contributed by atoms with Crippen molar-refractivity contribution in [2.75, 3.05) is 7.05 Å². The molecule has 0 saturated carbocycles. The van der Waals surface area contributed by atoms with Gasteiger partial charge in [-0.3, -0.25) is 4.90 Å². The molecule has 4 rings (SSSR count). The van der Waals surface area contributed by atoms with E-state index >= 15 is 0 Å². The van der Waals surface area contributed by atoms with E-state index in [0.29, 0.717) is 47.5 Å². The van der Waals surface area contributed by atoms with E-state index in [9.17, 15) is 0 Å². The minimum absolute atomic E-state index is 0.387. The van der Waals surface area contributed by atoms with Crippen LogP contribution in [-0.4, -0.2) is 27.3 Å². The summed E-state index contributed by atoms with van der Waals surface area (Å²) in [5.74, 6) is 1.51. The highest BCUT2D eigenvalue weighted by molar-refractivity contribution is 5.77. The van der Waals surface area contributed by atoms with E-state index in [4.69, 9.17) is 14.2 Å². The zero-order chi connectivity index (χ0) is 20.2. The van der Waals surface area contributed by atoms with Crippen molar-refractivity contribution in [1.82, 2.24) is 20.3 Å². The molecular weight excluding hydrogens is 366 g/mol. The van der Waals surface area contributed by atoms with Crippen molar-refractivity contribution in [2.45, 2.75) is 20.0 Å². The van der Waals surface area contributed by atoms with Gasteiger partial charge in [0.1, 0.15) is 17.0 Å². The zero-order valence-corrected chi connectivity index (χ0v) is 16.2. The first-order valence-corrected chi connectivity index (χ1v) is 9.16. The molecule has 0 aliphatic rings. The van der Waals surface area contributed by atoms with Gasteiger partial charge in [0.25, 0.3) is 5.89 Å². The highest BCUT2D eigenvalue weighted by Crippen LogP contribution is 2.33. The van der Waals surface area contributed by atoms with E-state index in [0.717, 1.165) is 11.1 Å². The van der Waals surface area contributed by atoms with Crippen LogP contribution in [0.2, 0.25) is 0 Å².